The molecule has 0 amide bonds. The van der Waals surface area contributed by atoms with E-state index < -0.39 is 0 Å². The number of carbonyl (C=O) groups excluding carboxylic acids is 1. The average Bonchev–Trinajstić information content (AvgIpc) is 2.80. The van der Waals surface area contributed by atoms with Crippen LogP contribution in [0.5, 0.6) is 0 Å². The third-order valence-corrected chi connectivity index (χ3v) is 4.26. The van der Waals surface area contributed by atoms with Gasteiger partial charge in [-0.05, 0) is 18.4 Å². The van der Waals surface area contributed by atoms with Gasteiger partial charge in [0.05, 0.1) is 10.6 Å². The monoisotopic (exact) mass is 268 g/mol. The van der Waals surface area contributed by atoms with Crippen molar-refractivity contribution in [2.75, 3.05) is 0 Å². The van der Waals surface area contributed by atoms with Crippen LogP contribution in [0.1, 0.15) is 22.3 Å². The van der Waals surface area contributed by atoms with Crippen molar-refractivity contribution in [2.45, 2.75) is 13.8 Å². The van der Waals surface area contributed by atoms with Crippen molar-refractivity contribution in [2.24, 2.45) is 0 Å². The summed E-state index contributed by atoms with van der Waals surface area (Å²) < 4.78 is 0. The summed E-state index contributed by atoms with van der Waals surface area (Å²) in [4.78, 5) is 21.2. The number of aryl methyl sites for hydroxylation is 1. The van der Waals surface area contributed by atoms with Crippen LogP contribution in [-0.2, 0) is 0 Å². The number of rotatable bonds is 2. The van der Waals surface area contributed by atoms with Crippen LogP contribution in [0.2, 0.25) is 0 Å². The number of Topliss-reactive ketones (excluding diaryl/α,β-unsaturated/α-hetero) is 1. The van der Waals surface area contributed by atoms with Crippen LogP contribution in [0.4, 0.5) is 0 Å². The van der Waals surface area contributed by atoms with Crippen molar-refractivity contribution in [3.63, 3.8) is 0 Å². The molecular formula is C15H12N2OS. The molecule has 4 heteroatoms. The Labute approximate surface area is 115 Å². The summed E-state index contributed by atoms with van der Waals surface area (Å²) in [6.07, 6.45) is 1.78. The van der Waals surface area contributed by atoms with Gasteiger partial charge in [-0.25, -0.2) is 4.98 Å². The van der Waals surface area contributed by atoms with E-state index >= 15 is 0 Å². The van der Waals surface area contributed by atoms with Crippen molar-refractivity contribution in [1.29, 1.82) is 0 Å². The summed E-state index contributed by atoms with van der Waals surface area (Å²) in [6.45, 7) is 3.43. The van der Waals surface area contributed by atoms with Gasteiger partial charge in [-0.15, -0.1) is 11.3 Å². The Kier molecular flexibility index (Phi) is 2.87. The lowest BCUT2D eigenvalue weighted by molar-refractivity contribution is 0.102. The number of ketones is 1. The fourth-order valence-electron chi connectivity index (χ4n) is 2.11. The molecule has 0 N–H and O–H groups in total. The van der Waals surface area contributed by atoms with Crippen molar-refractivity contribution in [3.05, 3.63) is 47.1 Å². The standard InChI is InChI=1S/C15H12N2OS/c1-9-14(10(2)18)19-15(17-9)13-12-6-4-3-5-11(12)7-8-16-13/h3-8H,1-2H3. The Morgan fingerprint density at radius 3 is 2.74 bits per heavy atom. The zero-order valence-electron chi connectivity index (χ0n) is 10.7. The summed E-state index contributed by atoms with van der Waals surface area (Å²) in [5, 5.41) is 3.00. The minimum atomic E-state index is 0.0569. The molecular weight excluding hydrogens is 256 g/mol. The number of hydrogen-bond donors (Lipinski definition) is 0. The number of pyridine rings is 1. The first kappa shape index (κ1) is 12.0. The van der Waals surface area contributed by atoms with E-state index in [2.05, 4.69) is 9.97 Å². The average molecular weight is 268 g/mol. The van der Waals surface area contributed by atoms with Crippen molar-refractivity contribution in [1.82, 2.24) is 9.97 Å². The van der Waals surface area contributed by atoms with Crippen LogP contribution in [0.25, 0.3) is 21.5 Å². The Balaban J connectivity index is 2.25. The zero-order chi connectivity index (χ0) is 13.4. The first-order valence-corrected chi connectivity index (χ1v) is 6.81. The summed E-state index contributed by atoms with van der Waals surface area (Å²) in [6, 6.07) is 10.0. The third kappa shape index (κ3) is 2.04. The topological polar surface area (TPSA) is 42.9 Å². The van der Waals surface area contributed by atoms with Gasteiger partial charge in [0.1, 0.15) is 10.7 Å². The van der Waals surface area contributed by atoms with E-state index in [1.54, 1.807) is 13.1 Å². The number of nitrogens with zero attached hydrogens (tertiary/aromatic N) is 2. The van der Waals surface area contributed by atoms with Crippen LogP contribution >= 0.6 is 11.3 Å². The highest BCUT2D eigenvalue weighted by molar-refractivity contribution is 7.17. The smallest absolute Gasteiger partial charge is 0.171 e. The minimum Gasteiger partial charge on any atom is -0.294 e. The quantitative estimate of drug-likeness (QED) is 0.663. The minimum absolute atomic E-state index is 0.0569. The first-order valence-electron chi connectivity index (χ1n) is 5.99. The van der Waals surface area contributed by atoms with Crippen LogP contribution < -0.4 is 0 Å². The van der Waals surface area contributed by atoms with E-state index in [0.29, 0.717) is 4.88 Å². The number of aromatic nitrogens is 2. The van der Waals surface area contributed by atoms with E-state index in [1.807, 2.05) is 37.3 Å². The van der Waals surface area contributed by atoms with Gasteiger partial charge in [0.2, 0.25) is 0 Å². The number of fused-ring (bicyclic) bond motifs is 1. The van der Waals surface area contributed by atoms with Crippen LogP contribution in [0.15, 0.2) is 36.5 Å². The lowest BCUT2D eigenvalue weighted by atomic mass is 10.1. The van der Waals surface area contributed by atoms with Crippen LogP contribution in [-0.4, -0.2) is 15.8 Å². The molecule has 1 aromatic carbocycles. The van der Waals surface area contributed by atoms with Crippen molar-refractivity contribution >= 4 is 27.9 Å². The summed E-state index contributed by atoms with van der Waals surface area (Å²) >= 11 is 1.41. The van der Waals surface area contributed by atoms with Gasteiger partial charge < -0.3 is 0 Å². The summed E-state index contributed by atoms with van der Waals surface area (Å²) in [5.41, 5.74) is 1.63. The Bertz CT molecular complexity index is 771. The Morgan fingerprint density at radius 2 is 2.00 bits per heavy atom. The van der Waals surface area contributed by atoms with Gasteiger partial charge in [-0.2, -0.15) is 0 Å². The molecule has 94 valence electrons. The lowest BCUT2D eigenvalue weighted by Crippen LogP contribution is -1.89. The molecule has 2 aromatic heterocycles. The molecule has 3 nitrogen and oxygen atoms in total. The number of thiazole rings is 1. The van der Waals surface area contributed by atoms with Crippen molar-refractivity contribution < 1.29 is 4.79 Å². The van der Waals surface area contributed by atoms with Gasteiger partial charge in [0, 0.05) is 18.5 Å². The fourth-order valence-corrected chi connectivity index (χ4v) is 3.09. The van der Waals surface area contributed by atoms with E-state index in [0.717, 1.165) is 27.2 Å². The Morgan fingerprint density at radius 1 is 1.21 bits per heavy atom. The molecule has 3 rings (SSSR count). The van der Waals surface area contributed by atoms with E-state index in [-0.39, 0.29) is 5.78 Å². The molecule has 0 unspecified atom stereocenters. The second-order valence-corrected chi connectivity index (χ2v) is 5.37. The molecule has 3 aromatic rings. The molecule has 0 spiro atoms. The second-order valence-electron chi connectivity index (χ2n) is 4.37. The molecule has 0 aliphatic rings. The van der Waals surface area contributed by atoms with Gasteiger partial charge in [0.15, 0.2) is 5.78 Å². The largest absolute Gasteiger partial charge is 0.294 e. The predicted octanol–water partition coefficient (Wildman–Crippen LogP) is 3.87. The molecule has 19 heavy (non-hydrogen) atoms. The predicted molar refractivity (Wildman–Crippen MR) is 77.6 cm³/mol. The van der Waals surface area contributed by atoms with E-state index in [4.69, 9.17) is 0 Å². The lowest BCUT2D eigenvalue weighted by Gasteiger charge is -2.01. The molecule has 0 saturated heterocycles. The normalized spacial score (nSPS) is 10.8. The molecule has 0 atom stereocenters. The van der Waals surface area contributed by atoms with E-state index in [1.165, 1.54) is 11.3 Å². The second kappa shape index (κ2) is 4.55. The van der Waals surface area contributed by atoms with Crippen LogP contribution in [0, 0.1) is 6.92 Å². The highest BCUT2D eigenvalue weighted by atomic mass is 32.1. The molecule has 0 saturated carbocycles. The Hall–Kier alpha value is -2.07. The first-order chi connectivity index (χ1) is 9.16. The van der Waals surface area contributed by atoms with Crippen molar-refractivity contribution in [3.8, 4) is 10.7 Å². The third-order valence-electron chi connectivity index (χ3n) is 2.99. The van der Waals surface area contributed by atoms with Crippen LogP contribution in [0.3, 0.4) is 0 Å². The summed E-state index contributed by atoms with van der Waals surface area (Å²) in [5.74, 6) is 0.0569. The molecule has 0 radical (unpaired) electrons. The van der Waals surface area contributed by atoms with E-state index in [9.17, 15) is 4.79 Å². The molecule has 2 heterocycles. The molecule has 0 aliphatic carbocycles. The summed E-state index contributed by atoms with van der Waals surface area (Å²) in [7, 11) is 0. The maximum absolute atomic E-state index is 11.5. The molecule has 0 fully saturated rings. The highest BCUT2D eigenvalue weighted by Gasteiger charge is 2.15. The van der Waals surface area contributed by atoms with Gasteiger partial charge >= 0.3 is 0 Å². The fraction of sp³-hybridized carbons (Fsp3) is 0.133. The maximum Gasteiger partial charge on any atom is 0.171 e. The van der Waals surface area contributed by atoms with Gasteiger partial charge in [-0.3, -0.25) is 9.78 Å². The SMILES string of the molecule is CC(=O)c1sc(-c2nccc3ccccc23)nc1C. The zero-order valence-corrected chi connectivity index (χ0v) is 11.5. The number of carbonyl (C=O) groups is 1. The highest BCUT2D eigenvalue weighted by Crippen LogP contribution is 2.31. The number of hydrogen-bond acceptors (Lipinski definition) is 4. The maximum atomic E-state index is 11.5. The van der Waals surface area contributed by atoms with Gasteiger partial charge in [0.25, 0.3) is 0 Å². The number of benzene rings is 1. The van der Waals surface area contributed by atoms with Gasteiger partial charge in [-0.1, -0.05) is 24.3 Å². The molecule has 0 bridgehead atoms. The molecule has 0 aliphatic heterocycles.